The van der Waals surface area contributed by atoms with Crippen LogP contribution < -0.4 is 4.74 Å². The van der Waals surface area contributed by atoms with Gasteiger partial charge in [0.25, 0.3) is 0 Å². The molecule has 0 aliphatic carbocycles. The van der Waals surface area contributed by atoms with Crippen LogP contribution in [0.2, 0.25) is 0 Å². The predicted molar refractivity (Wildman–Crippen MR) is 163 cm³/mol. The lowest BCUT2D eigenvalue weighted by molar-refractivity contribution is 0.415. The molecule has 0 fully saturated rings. The minimum absolute atomic E-state index is 0.823. The number of benzene rings is 6. The van der Waals surface area contributed by atoms with E-state index in [0.717, 1.165) is 49.5 Å². The number of fused-ring (bicyclic) bond motifs is 2. The van der Waals surface area contributed by atoms with Crippen molar-refractivity contribution in [2.45, 2.75) is 6.92 Å². The van der Waals surface area contributed by atoms with E-state index in [1.807, 2.05) is 24.3 Å². The highest BCUT2D eigenvalue weighted by Gasteiger charge is 2.11. The van der Waals surface area contributed by atoms with Crippen molar-refractivity contribution in [3.63, 3.8) is 0 Å². The summed E-state index contributed by atoms with van der Waals surface area (Å²) in [5.41, 5.74) is 7.64. The summed E-state index contributed by atoms with van der Waals surface area (Å²) < 4.78 is 5.28. The molecule has 1 heteroatoms. The van der Waals surface area contributed by atoms with Gasteiger partial charge in [0, 0.05) is 22.3 Å². The largest absolute Gasteiger partial charge is 0.497 e. The summed E-state index contributed by atoms with van der Waals surface area (Å²) in [6, 6.07) is 41.8. The van der Waals surface area contributed by atoms with Gasteiger partial charge in [0.1, 0.15) is 5.75 Å². The first kappa shape index (κ1) is 24.1. The summed E-state index contributed by atoms with van der Waals surface area (Å²) in [5, 5.41) is 4.44. The zero-order chi connectivity index (χ0) is 26.6. The molecule has 0 spiro atoms. The van der Waals surface area contributed by atoms with E-state index in [0.29, 0.717) is 0 Å². The third kappa shape index (κ3) is 5.00. The van der Waals surface area contributed by atoms with Crippen LogP contribution in [0, 0.1) is 30.6 Å². The average molecular weight is 499 g/mol. The lowest BCUT2D eigenvalue weighted by Crippen LogP contribution is -1.90. The van der Waals surface area contributed by atoms with Crippen molar-refractivity contribution in [2.75, 3.05) is 7.11 Å². The first-order chi connectivity index (χ1) is 19.2. The molecule has 0 radical (unpaired) electrons. The van der Waals surface area contributed by atoms with Gasteiger partial charge in [-0.15, -0.1) is 0 Å². The van der Waals surface area contributed by atoms with Crippen LogP contribution in [0.5, 0.6) is 5.75 Å². The Morgan fingerprint density at radius 3 is 1.23 bits per heavy atom. The van der Waals surface area contributed by atoms with Crippen molar-refractivity contribution < 1.29 is 4.74 Å². The molecule has 39 heavy (non-hydrogen) atoms. The number of hydrogen-bond acceptors (Lipinski definition) is 1. The molecule has 0 heterocycles. The summed E-state index contributed by atoms with van der Waals surface area (Å²) in [7, 11) is 1.67. The highest BCUT2D eigenvalue weighted by atomic mass is 16.5. The SMILES string of the molecule is COc1ccc(C#Cc2c3ccccc3c(C#Cc3ccc(-c4ccc(C)cc4)cc3)c3ccccc23)cc1. The smallest absolute Gasteiger partial charge is 0.118 e. The number of aryl methyl sites for hydroxylation is 1. The molecule has 0 atom stereocenters. The Kier molecular flexibility index (Phi) is 6.57. The molecule has 0 bridgehead atoms. The normalized spacial score (nSPS) is 10.4. The van der Waals surface area contributed by atoms with Gasteiger partial charge in [-0.25, -0.2) is 0 Å². The molecule has 0 saturated carbocycles. The number of hydrogen-bond donors (Lipinski definition) is 0. The Labute approximate surface area is 229 Å². The summed E-state index contributed by atoms with van der Waals surface area (Å²) in [4.78, 5) is 0. The van der Waals surface area contributed by atoms with Crippen molar-refractivity contribution >= 4 is 21.5 Å². The van der Waals surface area contributed by atoms with E-state index in [1.54, 1.807) is 7.11 Å². The second kappa shape index (κ2) is 10.6. The molecule has 6 aromatic carbocycles. The minimum atomic E-state index is 0.823. The van der Waals surface area contributed by atoms with E-state index in [2.05, 4.69) is 128 Å². The number of methoxy groups -OCH3 is 1. The second-order valence-electron chi connectivity index (χ2n) is 9.51. The lowest BCUT2D eigenvalue weighted by Gasteiger charge is -2.10. The van der Waals surface area contributed by atoms with E-state index in [-0.39, 0.29) is 0 Å². The van der Waals surface area contributed by atoms with Crippen LogP contribution in [0.1, 0.15) is 27.8 Å². The predicted octanol–water partition coefficient (Wildman–Crippen LogP) is 8.78. The Morgan fingerprint density at radius 1 is 0.436 bits per heavy atom. The van der Waals surface area contributed by atoms with Gasteiger partial charge in [-0.2, -0.15) is 0 Å². The van der Waals surface area contributed by atoms with E-state index >= 15 is 0 Å². The standard InChI is InChI=1S/C38H26O/c1-27-11-19-30(20-12-27)31-21-13-28(14-22-31)17-25-37-33-7-3-5-9-35(33)38(36-10-6-4-8-34(36)37)26-18-29-15-23-32(39-2)24-16-29/h3-16,19-24H,1-2H3. The molecule has 6 aromatic rings. The molecule has 0 unspecified atom stereocenters. The second-order valence-corrected chi connectivity index (χ2v) is 9.51. The molecule has 0 amide bonds. The first-order valence-corrected chi connectivity index (χ1v) is 13.0. The Bertz CT molecular complexity index is 1860. The van der Waals surface area contributed by atoms with Gasteiger partial charge < -0.3 is 4.74 Å². The van der Waals surface area contributed by atoms with Crippen LogP contribution in [0.3, 0.4) is 0 Å². The molecule has 6 rings (SSSR count). The van der Waals surface area contributed by atoms with Gasteiger partial charge in [0.15, 0.2) is 0 Å². The molecule has 184 valence electrons. The third-order valence-electron chi connectivity index (χ3n) is 6.95. The molecule has 0 N–H and O–H groups in total. The van der Waals surface area contributed by atoms with Crippen molar-refractivity contribution in [2.24, 2.45) is 0 Å². The lowest BCUT2D eigenvalue weighted by atomic mass is 9.92. The fraction of sp³-hybridized carbons (Fsp3) is 0.0526. The average Bonchev–Trinajstić information content (AvgIpc) is 3.00. The monoisotopic (exact) mass is 498 g/mol. The van der Waals surface area contributed by atoms with E-state index in [1.165, 1.54) is 16.7 Å². The molecule has 0 saturated heterocycles. The van der Waals surface area contributed by atoms with Gasteiger partial charge in [-0.05, 0) is 76.0 Å². The van der Waals surface area contributed by atoms with Gasteiger partial charge in [0.2, 0.25) is 0 Å². The van der Waals surface area contributed by atoms with Crippen LogP contribution >= 0.6 is 0 Å². The summed E-state index contributed by atoms with van der Waals surface area (Å²) in [6.07, 6.45) is 0. The molecule has 1 nitrogen and oxygen atoms in total. The minimum Gasteiger partial charge on any atom is -0.497 e. The zero-order valence-electron chi connectivity index (χ0n) is 22.0. The van der Waals surface area contributed by atoms with Crippen LogP contribution in [0.15, 0.2) is 121 Å². The van der Waals surface area contributed by atoms with Crippen LogP contribution in [0.25, 0.3) is 32.7 Å². The van der Waals surface area contributed by atoms with Crippen LogP contribution in [0.4, 0.5) is 0 Å². The topological polar surface area (TPSA) is 9.23 Å². The van der Waals surface area contributed by atoms with Crippen molar-refractivity contribution in [3.8, 4) is 40.6 Å². The van der Waals surface area contributed by atoms with Crippen molar-refractivity contribution in [1.82, 2.24) is 0 Å². The van der Waals surface area contributed by atoms with Gasteiger partial charge in [-0.3, -0.25) is 0 Å². The fourth-order valence-corrected chi connectivity index (χ4v) is 4.83. The van der Waals surface area contributed by atoms with Crippen molar-refractivity contribution in [3.05, 3.63) is 149 Å². The molecule has 0 aromatic heterocycles. The third-order valence-corrected chi connectivity index (χ3v) is 6.95. The Morgan fingerprint density at radius 2 is 0.821 bits per heavy atom. The first-order valence-electron chi connectivity index (χ1n) is 13.0. The van der Waals surface area contributed by atoms with Crippen LogP contribution in [-0.2, 0) is 0 Å². The number of ether oxygens (including phenoxy) is 1. The van der Waals surface area contributed by atoms with Gasteiger partial charge >= 0.3 is 0 Å². The van der Waals surface area contributed by atoms with Crippen molar-refractivity contribution in [1.29, 1.82) is 0 Å². The van der Waals surface area contributed by atoms with E-state index < -0.39 is 0 Å². The fourth-order valence-electron chi connectivity index (χ4n) is 4.83. The maximum Gasteiger partial charge on any atom is 0.118 e. The maximum atomic E-state index is 5.28. The van der Waals surface area contributed by atoms with E-state index in [4.69, 9.17) is 4.74 Å². The van der Waals surface area contributed by atoms with Gasteiger partial charge in [0.05, 0.1) is 7.11 Å². The van der Waals surface area contributed by atoms with E-state index in [9.17, 15) is 0 Å². The molecule has 0 aliphatic heterocycles. The zero-order valence-corrected chi connectivity index (χ0v) is 22.0. The summed E-state index contributed by atoms with van der Waals surface area (Å²) in [6.45, 7) is 2.11. The summed E-state index contributed by atoms with van der Waals surface area (Å²) in [5.74, 6) is 14.6. The maximum absolute atomic E-state index is 5.28. The highest BCUT2D eigenvalue weighted by Crippen LogP contribution is 2.32. The summed E-state index contributed by atoms with van der Waals surface area (Å²) >= 11 is 0. The molecular weight excluding hydrogens is 472 g/mol. The Hall–Kier alpha value is -5.24. The quantitative estimate of drug-likeness (QED) is 0.171. The highest BCUT2D eigenvalue weighted by molar-refractivity contribution is 6.09. The van der Waals surface area contributed by atoms with Gasteiger partial charge in [-0.1, -0.05) is 114 Å². The number of rotatable bonds is 2. The Balaban J connectivity index is 1.44. The molecular formula is C38H26O. The molecule has 0 aliphatic rings. The van der Waals surface area contributed by atoms with Crippen LogP contribution in [-0.4, -0.2) is 7.11 Å².